The molecule has 2 bridgehead atoms. The molecule has 0 aliphatic carbocycles. The summed E-state index contributed by atoms with van der Waals surface area (Å²) < 4.78 is 13.6. The topological polar surface area (TPSA) is 77.3 Å². The molecule has 4 heterocycles. The minimum absolute atomic E-state index is 0.321. The van der Waals surface area contributed by atoms with E-state index in [4.69, 9.17) is 26.2 Å². The van der Waals surface area contributed by atoms with E-state index in [9.17, 15) is 0 Å². The third-order valence-electron chi connectivity index (χ3n) is 5.11. The number of fused-ring (bicyclic) bond motifs is 3. The number of halogens is 1. The Morgan fingerprint density at radius 2 is 2.11 bits per heavy atom. The number of nitrogens with one attached hydrogen (secondary N) is 1. The average molecular weight is 393 g/mol. The molecular formula is C18H25ClN6O2. The lowest BCUT2D eigenvalue weighted by Gasteiger charge is -2.24. The summed E-state index contributed by atoms with van der Waals surface area (Å²) in [6.45, 7) is 7.86. The van der Waals surface area contributed by atoms with Gasteiger partial charge in [-0.3, -0.25) is 4.68 Å². The maximum absolute atomic E-state index is 6.35. The lowest BCUT2D eigenvalue weighted by Crippen LogP contribution is -2.26. The zero-order chi connectivity index (χ0) is 18.8. The Labute approximate surface area is 163 Å². The van der Waals surface area contributed by atoms with Crippen LogP contribution in [0.2, 0.25) is 5.02 Å². The van der Waals surface area contributed by atoms with Crippen LogP contribution in [-0.4, -0.2) is 52.7 Å². The first kappa shape index (κ1) is 18.3. The summed E-state index contributed by atoms with van der Waals surface area (Å²) in [5.74, 6) is 1.84. The molecule has 0 unspecified atom stereocenters. The van der Waals surface area contributed by atoms with Crippen molar-refractivity contribution in [3.8, 4) is 5.88 Å². The fourth-order valence-corrected chi connectivity index (χ4v) is 3.82. The molecule has 0 saturated carbocycles. The summed E-state index contributed by atoms with van der Waals surface area (Å²) in [6.07, 6.45) is 4.40. The normalized spacial score (nSPS) is 18.3. The van der Waals surface area contributed by atoms with E-state index in [0.29, 0.717) is 29.5 Å². The Morgan fingerprint density at radius 3 is 2.89 bits per heavy atom. The van der Waals surface area contributed by atoms with Crippen LogP contribution in [0.25, 0.3) is 0 Å². The lowest BCUT2D eigenvalue weighted by atomic mass is 10.1. The van der Waals surface area contributed by atoms with Crippen molar-refractivity contribution in [2.24, 2.45) is 0 Å². The fourth-order valence-electron chi connectivity index (χ4n) is 3.61. The molecular weight excluding hydrogens is 368 g/mol. The predicted molar refractivity (Wildman–Crippen MR) is 104 cm³/mol. The second-order valence-corrected chi connectivity index (χ2v) is 7.23. The second-order valence-electron chi connectivity index (χ2n) is 6.83. The van der Waals surface area contributed by atoms with Crippen LogP contribution in [0.15, 0.2) is 6.20 Å². The number of nitrogens with zero attached hydrogens (tertiary/aromatic N) is 5. The molecule has 8 nitrogen and oxygen atoms in total. The Hall–Kier alpha value is -2.06. The minimum Gasteiger partial charge on any atom is -0.475 e. The molecule has 27 heavy (non-hydrogen) atoms. The average Bonchev–Trinajstić information content (AvgIpc) is 2.98. The Bertz CT molecular complexity index is 805. The molecule has 2 aliphatic rings. The van der Waals surface area contributed by atoms with Crippen LogP contribution in [0, 0.1) is 6.92 Å². The Morgan fingerprint density at radius 1 is 1.30 bits per heavy atom. The molecule has 0 amide bonds. The highest BCUT2D eigenvalue weighted by molar-refractivity contribution is 6.32. The van der Waals surface area contributed by atoms with Crippen LogP contribution in [0.3, 0.4) is 0 Å². The summed E-state index contributed by atoms with van der Waals surface area (Å²) in [4.78, 5) is 11.1. The maximum atomic E-state index is 6.35. The van der Waals surface area contributed by atoms with Crippen LogP contribution in [0.5, 0.6) is 5.88 Å². The first-order valence-electron chi connectivity index (χ1n) is 9.51. The number of ether oxygens (including phenoxy) is 2. The van der Waals surface area contributed by atoms with Crippen molar-refractivity contribution >= 4 is 29.1 Å². The van der Waals surface area contributed by atoms with E-state index >= 15 is 0 Å². The molecule has 4 rings (SSSR count). The highest BCUT2D eigenvalue weighted by Gasteiger charge is 2.25. The van der Waals surface area contributed by atoms with Crippen LogP contribution in [-0.2, 0) is 4.74 Å². The van der Waals surface area contributed by atoms with Crippen molar-refractivity contribution in [1.29, 1.82) is 0 Å². The Kier molecular flexibility index (Phi) is 5.36. The number of anilines is 3. The smallest absolute Gasteiger partial charge is 0.257 e. The van der Waals surface area contributed by atoms with E-state index in [0.717, 1.165) is 62.8 Å². The summed E-state index contributed by atoms with van der Waals surface area (Å²) >= 11 is 6.35. The monoisotopic (exact) mass is 392 g/mol. The van der Waals surface area contributed by atoms with Crippen molar-refractivity contribution in [2.75, 3.05) is 43.1 Å². The van der Waals surface area contributed by atoms with Crippen LogP contribution in [0.1, 0.15) is 37.9 Å². The van der Waals surface area contributed by atoms with Crippen molar-refractivity contribution < 1.29 is 9.47 Å². The third kappa shape index (κ3) is 3.68. The first-order chi connectivity index (χ1) is 13.2. The van der Waals surface area contributed by atoms with E-state index in [1.807, 2.05) is 6.92 Å². The summed E-state index contributed by atoms with van der Waals surface area (Å²) in [5, 5.41) is 8.62. The fraction of sp³-hybridized carbons (Fsp3) is 0.611. The molecule has 0 aromatic carbocycles. The lowest BCUT2D eigenvalue weighted by molar-refractivity contribution is 0.0652. The van der Waals surface area contributed by atoms with Crippen LogP contribution in [0.4, 0.5) is 17.5 Å². The van der Waals surface area contributed by atoms with E-state index in [2.05, 4.69) is 31.8 Å². The van der Waals surface area contributed by atoms with E-state index in [1.165, 1.54) is 0 Å². The molecule has 1 N–H and O–H groups in total. The van der Waals surface area contributed by atoms with Crippen LogP contribution < -0.4 is 15.0 Å². The van der Waals surface area contributed by atoms with Crippen molar-refractivity contribution in [1.82, 2.24) is 19.7 Å². The van der Waals surface area contributed by atoms with Gasteiger partial charge in [-0.05, 0) is 33.1 Å². The zero-order valence-electron chi connectivity index (χ0n) is 15.7. The summed E-state index contributed by atoms with van der Waals surface area (Å²) in [7, 11) is 0. The minimum atomic E-state index is 0.321. The van der Waals surface area contributed by atoms with Gasteiger partial charge in [0.2, 0.25) is 5.95 Å². The van der Waals surface area contributed by atoms with Crippen molar-refractivity contribution in [3.63, 3.8) is 0 Å². The molecule has 2 aromatic heterocycles. The van der Waals surface area contributed by atoms with Gasteiger partial charge in [-0.2, -0.15) is 4.98 Å². The largest absolute Gasteiger partial charge is 0.475 e. The summed E-state index contributed by atoms with van der Waals surface area (Å²) in [6, 6.07) is 0.321. The molecule has 2 aromatic rings. The van der Waals surface area contributed by atoms with Crippen molar-refractivity contribution in [2.45, 2.75) is 39.2 Å². The molecule has 1 saturated heterocycles. The van der Waals surface area contributed by atoms with E-state index in [-0.39, 0.29) is 0 Å². The first-order valence-corrected chi connectivity index (χ1v) is 9.89. The van der Waals surface area contributed by atoms with Crippen molar-refractivity contribution in [3.05, 3.63) is 16.9 Å². The predicted octanol–water partition coefficient (Wildman–Crippen LogP) is 3.34. The third-order valence-corrected chi connectivity index (χ3v) is 5.38. The Balaban J connectivity index is 1.71. The number of aromatic nitrogens is 4. The quantitative estimate of drug-likeness (QED) is 0.839. The van der Waals surface area contributed by atoms with Gasteiger partial charge in [-0.1, -0.05) is 11.6 Å². The SMILES string of the molecule is CCN1CCCOc2nn(C3CCOCC3)c(C)c2Nc2ncc(Cl)c1n2. The number of rotatable bonds is 2. The van der Waals surface area contributed by atoms with Gasteiger partial charge in [-0.25, -0.2) is 4.98 Å². The molecule has 9 heteroatoms. The van der Waals surface area contributed by atoms with Crippen LogP contribution >= 0.6 is 11.6 Å². The van der Waals surface area contributed by atoms with Gasteiger partial charge in [0.1, 0.15) is 10.7 Å². The number of hydrogen-bond acceptors (Lipinski definition) is 7. The molecule has 0 radical (unpaired) electrons. The molecule has 2 aliphatic heterocycles. The van der Waals surface area contributed by atoms with Gasteiger partial charge in [0.05, 0.1) is 24.5 Å². The zero-order valence-corrected chi connectivity index (χ0v) is 16.5. The van der Waals surface area contributed by atoms with Gasteiger partial charge < -0.3 is 19.7 Å². The van der Waals surface area contributed by atoms with Gasteiger partial charge in [0.15, 0.2) is 5.82 Å². The number of hydrogen-bond donors (Lipinski definition) is 1. The molecule has 0 spiro atoms. The molecule has 0 atom stereocenters. The van der Waals surface area contributed by atoms with Gasteiger partial charge in [0.25, 0.3) is 5.88 Å². The highest BCUT2D eigenvalue weighted by atomic mass is 35.5. The highest BCUT2D eigenvalue weighted by Crippen LogP contribution is 2.35. The standard InChI is InChI=1S/C18H25ClN6O2/c1-3-24-7-4-8-27-17-15(21-18-20-11-14(19)16(24)22-18)12(2)25(23-17)13-5-9-26-10-6-13/h11,13H,3-10H2,1-2H3,(H,20,21,22). The molecule has 146 valence electrons. The van der Waals surface area contributed by atoms with E-state index in [1.54, 1.807) is 6.20 Å². The van der Waals surface area contributed by atoms with Gasteiger partial charge >= 0.3 is 0 Å². The van der Waals surface area contributed by atoms with E-state index < -0.39 is 0 Å². The van der Waals surface area contributed by atoms with Gasteiger partial charge in [0, 0.05) is 26.3 Å². The second kappa shape index (κ2) is 7.90. The maximum Gasteiger partial charge on any atom is 0.257 e. The summed E-state index contributed by atoms with van der Waals surface area (Å²) in [5.41, 5.74) is 1.84. The van der Waals surface area contributed by atoms with Gasteiger partial charge in [-0.15, -0.1) is 5.10 Å². The molecule has 1 fully saturated rings.